The van der Waals surface area contributed by atoms with Gasteiger partial charge in [-0.15, -0.1) is 0 Å². The minimum absolute atomic E-state index is 0.426. The molecular weight excluding hydrogens is 284 g/mol. The second-order valence-corrected chi connectivity index (χ2v) is 6.29. The van der Waals surface area contributed by atoms with Gasteiger partial charge in [-0.2, -0.15) is 0 Å². The fourth-order valence-corrected chi connectivity index (χ4v) is 3.63. The largest absolute Gasteiger partial charge is 0.495 e. The van der Waals surface area contributed by atoms with E-state index in [4.69, 9.17) is 16.3 Å². The summed E-state index contributed by atoms with van der Waals surface area (Å²) in [5.41, 5.74) is 1.30. The highest BCUT2D eigenvalue weighted by Gasteiger charge is 2.29. The van der Waals surface area contributed by atoms with E-state index in [1.54, 1.807) is 7.11 Å². The molecule has 118 valence electrons. The van der Waals surface area contributed by atoms with Crippen LogP contribution < -0.4 is 10.1 Å². The summed E-state index contributed by atoms with van der Waals surface area (Å²) in [6.07, 6.45) is 3.85. The lowest BCUT2D eigenvalue weighted by Crippen LogP contribution is -2.34. The monoisotopic (exact) mass is 310 g/mol. The van der Waals surface area contributed by atoms with Gasteiger partial charge in [-0.1, -0.05) is 31.0 Å². The van der Waals surface area contributed by atoms with E-state index in [-0.39, 0.29) is 0 Å². The van der Waals surface area contributed by atoms with Crippen molar-refractivity contribution in [3.8, 4) is 5.75 Å². The van der Waals surface area contributed by atoms with E-state index < -0.39 is 0 Å². The number of likely N-dealkylation sites (tertiary alicyclic amines) is 1. The maximum Gasteiger partial charge on any atom is 0.137 e. The first-order valence-electron chi connectivity index (χ1n) is 7.91. The highest BCUT2D eigenvalue weighted by atomic mass is 35.5. The number of nitrogens with one attached hydrogen (secondary N) is 1. The van der Waals surface area contributed by atoms with Gasteiger partial charge in [0.25, 0.3) is 0 Å². The fourth-order valence-electron chi connectivity index (χ4n) is 3.36. The Labute approximate surface area is 133 Å². The molecule has 0 radical (unpaired) electrons. The van der Waals surface area contributed by atoms with Crippen molar-refractivity contribution >= 4 is 11.6 Å². The van der Waals surface area contributed by atoms with Gasteiger partial charge in [-0.25, -0.2) is 0 Å². The molecule has 2 atom stereocenters. The predicted molar refractivity (Wildman–Crippen MR) is 89.3 cm³/mol. The molecule has 3 nitrogen and oxygen atoms in total. The Balaban J connectivity index is 2.27. The summed E-state index contributed by atoms with van der Waals surface area (Å²) >= 11 is 6.33. The molecule has 0 aliphatic carbocycles. The zero-order valence-corrected chi connectivity index (χ0v) is 14.1. The molecule has 1 aliphatic rings. The van der Waals surface area contributed by atoms with Gasteiger partial charge < -0.3 is 10.1 Å². The first-order chi connectivity index (χ1) is 10.2. The molecule has 1 N–H and O–H groups in total. The number of nitrogens with zero attached hydrogens (tertiary/aromatic N) is 1. The predicted octanol–water partition coefficient (Wildman–Crippen LogP) is 3.73. The van der Waals surface area contributed by atoms with Gasteiger partial charge in [0.1, 0.15) is 5.75 Å². The van der Waals surface area contributed by atoms with E-state index in [0.29, 0.717) is 17.0 Å². The van der Waals surface area contributed by atoms with Crippen molar-refractivity contribution in [1.29, 1.82) is 0 Å². The smallest absolute Gasteiger partial charge is 0.137 e. The molecular formula is C17H27ClN2O. The number of hydrogen-bond acceptors (Lipinski definition) is 3. The van der Waals surface area contributed by atoms with Crippen molar-refractivity contribution in [3.05, 3.63) is 28.8 Å². The molecule has 0 amide bonds. The quantitative estimate of drug-likeness (QED) is 0.897. The molecule has 2 rings (SSSR count). The Hall–Kier alpha value is -0.770. The number of ether oxygens (including phenoxy) is 1. The molecule has 1 saturated heterocycles. The van der Waals surface area contributed by atoms with Gasteiger partial charge >= 0.3 is 0 Å². The van der Waals surface area contributed by atoms with Crippen LogP contribution in [0, 0.1) is 5.92 Å². The molecule has 0 spiro atoms. The zero-order valence-electron chi connectivity index (χ0n) is 13.4. The maximum absolute atomic E-state index is 6.33. The summed E-state index contributed by atoms with van der Waals surface area (Å²) in [5.74, 6) is 1.38. The molecule has 4 heteroatoms. The molecule has 1 aromatic carbocycles. The van der Waals surface area contributed by atoms with E-state index in [0.717, 1.165) is 25.4 Å². The van der Waals surface area contributed by atoms with Crippen molar-refractivity contribution in [2.24, 2.45) is 5.92 Å². The molecule has 0 saturated carbocycles. The summed E-state index contributed by atoms with van der Waals surface area (Å²) in [6, 6.07) is 6.65. The molecule has 2 unspecified atom stereocenters. The van der Waals surface area contributed by atoms with Gasteiger partial charge in [-0.3, -0.25) is 4.90 Å². The number of benzene rings is 1. The average Bonchev–Trinajstić information content (AvgIpc) is 2.66. The number of methoxy groups -OCH3 is 1. The molecule has 1 aromatic rings. The normalized spacial score (nSPS) is 23.8. The van der Waals surface area contributed by atoms with Crippen molar-refractivity contribution in [2.45, 2.75) is 32.2 Å². The van der Waals surface area contributed by atoms with Gasteiger partial charge in [0, 0.05) is 6.04 Å². The highest BCUT2D eigenvalue weighted by Crippen LogP contribution is 2.36. The summed E-state index contributed by atoms with van der Waals surface area (Å²) in [6.45, 7) is 5.40. The summed E-state index contributed by atoms with van der Waals surface area (Å²) in [7, 11) is 3.89. The first-order valence-corrected chi connectivity index (χ1v) is 8.29. The Morgan fingerprint density at radius 3 is 2.86 bits per heavy atom. The Kier molecular flexibility index (Phi) is 6.34. The van der Waals surface area contributed by atoms with Crippen LogP contribution in [0.4, 0.5) is 0 Å². The van der Waals surface area contributed by atoms with Gasteiger partial charge in [0.05, 0.1) is 12.1 Å². The van der Waals surface area contributed by atoms with Crippen molar-refractivity contribution in [3.63, 3.8) is 0 Å². The number of rotatable bonds is 5. The minimum atomic E-state index is 0.426. The number of hydrogen-bond donors (Lipinski definition) is 1. The van der Waals surface area contributed by atoms with Crippen LogP contribution in [0.3, 0.4) is 0 Å². The Bertz CT molecular complexity index is 452. The van der Waals surface area contributed by atoms with Gasteiger partial charge in [0.15, 0.2) is 0 Å². The van der Waals surface area contributed by atoms with Crippen LogP contribution in [0.15, 0.2) is 18.2 Å². The molecule has 1 aliphatic heterocycles. The van der Waals surface area contributed by atoms with E-state index in [2.05, 4.69) is 36.3 Å². The minimum Gasteiger partial charge on any atom is -0.495 e. The second-order valence-electron chi connectivity index (χ2n) is 5.88. The van der Waals surface area contributed by atoms with Crippen LogP contribution in [0.1, 0.15) is 37.8 Å². The standard InChI is InChI=1S/C17H27ClN2O/c1-4-19-12-14-7-5-6-10-20(2)17(14)13-8-9-16(21-3)15(18)11-13/h8-9,11,14,17,19H,4-7,10,12H2,1-3H3. The zero-order chi connectivity index (χ0) is 15.2. The molecule has 21 heavy (non-hydrogen) atoms. The van der Waals surface area contributed by atoms with Crippen LogP contribution >= 0.6 is 11.6 Å². The van der Waals surface area contributed by atoms with Crippen LogP contribution in [-0.4, -0.2) is 38.7 Å². The second kappa shape index (κ2) is 8.02. The van der Waals surface area contributed by atoms with Crippen LogP contribution in [0.25, 0.3) is 0 Å². The molecule has 1 heterocycles. The summed E-state index contributed by atoms with van der Waals surface area (Å²) in [4.78, 5) is 2.48. The lowest BCUT2D eigenvalue weighted by Gasteiger charge is -2.33. The molecule has 1 fully saturated rings. The van der Waals surface area contributed by atoms with Crippen LogP contribution in [-0.2, 0) is 0 Å². The van der Waals surface area contributed by atoms with Crippen LogP contribution in [0.5, 0.6) is 5.75 Å². The average molecular weight is 311 g/mol. The van der Waals surface area contributed by atoms with Crippen molar-refractivity contribution in [2.75, 3.05) is 33.8 Å². The lowest BCUT2D eigenvalue weighted by atomic mass is 9.89. The maximum atomic E-state index is 6.33. The lowest BCUT2D eigenvalue weighted by molar-refractivity contribution is 0.189. The Morgan fingerprint density at radius 1 is 1.38 bits per heavy atom. The first kappa shape index (κ1) is 16.6. The third kappa shape index (κ3) is 4.12. The summed E-state index contributed by atoms with van der Waals surface area (Å²) < 4.78 is 5.27. The topological polar surface area (TPSA) is 24.5 Å². The Morgan fingerprint density at radius 2 is 2.19 bits per heavy atom. The van der Waals surface area contributed by atoms with Gasteiger partial charge in [-0.05, 0) is 63.1 Å². The van der Waals surface area contributed by atoms with Crippen molar-refractivity contribution in [1.82, 2.24) is 10.2 Å². The van der Waals surface area contributed by atoms with E-state index in [9.17, 15) is 0 Å². The van der Waals surface area contributed by atoms with E-state index in [1.165, 1.54) is 24.8 Å². The van der Waals surface area contributed by atoms with Crippen molar-refractivity contribution < 1.29 is 4.74 Å². The van der Waals surface area contributed by atoms with E-state index in [1.807, 2.05) is 6.07 Å². The van der Waals surface area contributed by atoms with Gasteiger partial charge in [0.2, 0.25) is 0 Å². The third-order valence-corrected chi connectivity index (χ3v) is 4.73. The number of halogens is 1. The third-order valence-electron chi connectivity index (χ3n) is 4.43. The molecule has 0 aromatic heterocycles. The van der Waals surface area contributed by atoms with E-state index >= 15 is 0 Å². The fraction of sp³-hybridized carbons (Fsp3) is 0.647. The summed E-state index contributed by atoms with van der Waals surface area (Å²) in [5, 5.41) is 4.22. The van der Waals surface area contributed by atoms with Crippen LogP contribution in [0.2, 0.25) is 5.02 Å². The highest BCUT2D eigenvalue weighted by molar-refractivity contribution is 6.32. The molecule has 0 bridgehead atoms. The SMILES string of the molecule is CCNCC1CCCCN(C)C1c1ccc(OC)c(Cl)c1.